The highest BCUT2D eigenvalue weighted by Gasteiger charge is 2.27. The lowest BCUT2D eigenvalue weighted by Gasteiger charge is -2.34. The first-order valence-electron chi connectivity index (χ1n) is 5.19. The third-order valence-electron chi connectivity index (χ3n) is 3.39. The highest BCUT2D eigenvalue weighted by atomic mass is 32.2. The van der Waals surface area contributed by atoms with Crippen LogP contribution in [0, 0.1) is 11.8 Å². The van der Waals surface area contributed by atoms with Gasteiger partial charge in [0.15, 0.2) is 0 Å². The minimum absolute atomic E-state index is 0.520. The van der Waals surface area contributed by atoms with Gasteiger partial charge in [-0.1, -0.05) is 19.3 Å². The maximum Gasteiger partial charge on any atom is 0.00829 e. The predicted octanol–water partition coefficient (Wildman–Crippen LogP) is 2.26. The van der Waals surface area contributed by atoms with E-state index in [-0.39, 0.29) is 0 Å². The van der Waals surface area contributed by atoms with Crippen LogP contribution in [0.2, 0.25) is 0 Å². The highest BCUT2D eigenvalue weighted by Crippen LogP contribution is 2.36. The summed E-state index contributed by atoms with van der Waals surface area (Å²) in [5, 5.41) is 0. The van der Waals surface area contributed by atoms with E-state index in [4.69, 9.17) is 5.73 Å². The van der Waals surface area contributed by atoms with Gasteiger partial charge in [0.2, 0.25) is 0 Å². The van der Waals surface area contributed by atoms with Crippen LogP contribution >= 0.6 is 11.8 Å². The van der Waals surface area contributed by atoms with E-state index in [0.717, 1.165) is 11.8 Å². The second-order valence-corrected chi connectivity index (χ2v) is 5.47. The van der Waals surface area contributed by atoms with Crippen LogP contribution in [0.15, 0.2) is 0 Å². The van der Waals surface area contributed by atoms with Crippen LogP contribution < -0.4 is 5.73 Å². The Hall–Kier alpha value is 0.310. The van der Waals surface area contributed by atoms with E-state index < -0.39 is 0 Å². The Morgan fingerprint density at radius 3 is 2.67 bits per heavy atom. The van der Waals surface area contributed by atoms with Gasteiger partial charge in [-0.05, 0) is 36.2 Å². The Labute approximate surface area is 79.5 Å². The fourth-order valence-corrected chi connectivity index (χ4v) is 3.50. The normalized spacial score (nSPS) is 37.8. The summed E-state index contributed by atoms with van der Waals surface area (Å²) in [5.74, 6) is 4.51. The molecule has 2 rings (SSSR count). The quantitative estimate of drug-likeness (QED) is 0.714. The van der Waals surface area contributed by atoms with E-state index in [0.29, 0.717) is 6.04 Å². The summed E-state index contributed by atoms with van der Waals surface area (Å²) >= 11 is 2.10. The van der Waals surface area contributed by atoms with Gasteiger partial charge in [0.1, 0.15) is 0 Å². The zero-order valence-corrected chi connectivity index (χ0v) is 8.48. The fraction of sp³-hybridized carbons (Fsp3) is 1.00. The van der Waals surface area contributed by atoms with Crippen LogP contribution in [-0.4, -0.2) is 17.5 Å². The molecule has 1 aliphatic carbocycles. The summed E-state index contributed by atoms with van der Waals surface area (Å²) in [6.07, 6.45) is 7.11. The first kappa shape index (κ1) is 8.89. The molecule has 12 heavy (non-hydrogen) atoms. The molecule has 0 aromatic heterocycles. The van der Waals surface area contributed by atoms with E-state index in [1.54, 1.807) is 0 Å². The van der Waals surface area contributed by atoms with Gasteiger partial charge in [-0.15, -0.1) is 0 Å². The van der Waals surface area contributed by atoms with Crippen LogP contribution in [0.3, 0.4) is 0 Å². The van der Waals surface area contributed by atoms with Crippen LogP contribution in [0.4, 0.5) is 0 Å². The maximum atomic E-state index is 6.09. The van der Waals surface area contributed by atoms with E-state index >= 15 is 0 Å². The number of nitrogens with two attached hydrogens (primary N) is 1. The molecule has 1 aliphatic heterocycles. The minimum atomic E-state index is 0.520. The van der Waals surface area contributed by atoms with Gasteiger partial charge in [-0.2, -0.15) is 11.8 Å². The highest BCUT2D eigenvalue weighted by molar-refractivity contribution is 7.99. The largest absolute Gasteiger partial charge is 0.327 e. The van der Waals surface area contributed by atoms with Gasteiger partial charge in [0.05, 0.1) is 0 Å². The first-order valence-corrected chi connectivity index (χ1v) is 6.35. The van der Waals surface area contributed by atoms with Crippen molar-refractivity contribution < 1.29 is 0 Å². The Kier molecular flexibility index (Phi) is 2.97. The zero-order valence-electron chi connectivity index (χ0n) is 7.67. The molecular formula is C10H19NS. The molecule has 2 heteroatoms. The summed E-state index contributed by atoms with van der Waals surface area (Å²) in [5.41, 5.74) is 6.09. The Morgan fingerprint density at radius 1 is 1.25 bits per heavy atom. The second kappa shape index (κ2) is 4.01. The molecular weight excluding hydrogens is 166 g/mol. The Bertz CT molecular complexity index is 145. The second-order valence-electron chi connectivity index (χ2n) is 4.32. The van der Waals surface area contributed by atoms with Crippen molar-refractivity contribution in [1.82, 2.24) is 0 Å². The van der Waals surface area contributed by atoms with Crippen molar-refractivity contribution in [2.24, 2.45) is 17.6 Å². The molecule has 1 heterocycles. The Balaban J connectivity index is 1.76. The molecule has 0 aromatic rings. The van der Waals surface area contributed by atoms with Gasteiger partial charge in [-0.3, -0.25) is 0 Å². The standard InChI is InChI=1S/C10H19NS/c11-10-4-5-12-7-9(10)6-8-2-1-3-8/h8-10H,1-7,11H2. The van der Waals surface area contributed by atoms with E-state index in [1.807, 2.05) is 0 Å². The summed E-state index contributed by atoms with van der Waals surface area (Å²) in [4.78, 5) is 0. The maximum absolute atomic E-state index is 6.09. The van der Waals surface area contributed by atoms with Gasteiger partial charge in [0.25, 0.3) is 0 Å². The lowest BCUT2D eigenvalue weighted by atomic mass is 9.77. The van der Waals surface area contributed by atoms with Gasteiger partial charge >= 0.3 is 0 Å². The monoisotopic (exact) mass is 185 g/mol. The topological polar surface area (TPSA) is 26.0 Å². The average molecular weight is 185 g/mol. The predicted molar refractivity (Wildman–Crippen MR) is 55.4 cm³/mol. The molecule has 0 aromatic carbocycles. The molecule has 2 aliphatic rings. The molecule has 2 unspecified atom stereocenters. The van der Waals surface area contributed by atoms with Crippen LogP contribution in [-0.2, 0) is 0 Å². The van der Waals surface area contributed by atoms with Gasteiger partial charge in [-0.25, -0.2) is 0 Å². The molecule has 0 amide bonds. The summed E-state index contributed by atoms with van der Waals surface area (Å²) < 4.78 is 0. The number of thioether (sulfide) groups is 1. The molecule has 0 spiro atoms. The molecule has 2 atom stereocenters. The fourth-order valence-electron chi connectivity index (χ4n) is 2.21. The molecule has 70 valence electrons. The van der Waals surface area contributed by atoms with Gasteiger partial charge < -0.3 is 5.73 Å². The van der Waals surface area contributed by atoms with Crippen LogP contribution in [0.25, 0.3) is 0 Å². The average Bonchev–Trinajstić information content (AvgIpc) is 2.00. The number of hydrogen-bond acceptors (Lipinski definition) is 2. The van der Waals surface area contributed by atoms with Gasteiger partial charge in [0, 0.05) is 6.04 Å². The summed E-state index contributed by atoms with van der Waals surface area (Å²) in [7, 11) is 0. The van der Waals surface area contributed by atoms with Crippen molar-refractivity contribution in [2.75, 3.05) is 11.5 Å². The van der Waals surface area contributed by atoms with Crippen molar-refractivity contribution in [3.63, 3.8) is 0 Å². The van der Waals surface area contributed by atoms with Crippen molar-refractivity contribution in [2.45, 2.75) is 38.1 Å². The molecule has 2 fully saturated rings. The van der Waals surface area contributed by atoms with Crippen LogP contribution in [0.5, 0.6) is 0 Å². The third kappa shape index (κ3) is 1.97. The molecule has 2 N–H and O–H groups in total. The van der Waals surface area contributed by atoms with E-state index in [9.17, 15) is 0 Å². The van der Waals surface area contributed by atoms with Crippen molar-refractivity contribution >= 4 is 11.8 Å². The van der Waals surface area contributed by atoms with E-state index in [2.05, 4.69) is 11.8 Å². The van der Waals surface area contributed by atoms with Crippen LogP contribution in [0.1, 0.15) is 32.1 Å². The lowest BCUT2D eigenvalue weighted by molar-refractivity contribution is 0.238. The summed E-state index contributed by atoms with van der Waals surface area (Å²) in [6.45, 7) is 0. The smallest absolute Gasteiger partial charge is 0.00829 e. The molecule has 1 saturated carbocycles. The third-order valence-corrected chi connectivity index (χ3v) is 4.58. The number of rotatable bonds is 2. The van der Waals surface area contributed by atoms with Crippen molar-refractivity contribution in [1.29, 1.82) is 0 Å². The molecule has 0 radical (unpaired) electrons. The molecule has 1 saturated heterocycles. The molecule has 0 bridgehead atoms. The first-order chi connectivity index (χ1) is 5.86. The molecule has 1 nitrogen and oxygen atoms in total. The summed E-state index contributed by atoms with van der Waals surface area (Å²) in [6, 6.07) is 0.520. The lowest BCUT2D eigenvalue weighted by Crippen LogP contribution is -2.37. The Morgan fingerprint density at radius 2 is 2.08 bits per heavy atom. The van der Waals surface area contributed by atoms with E-state index in [1.165, 1.54) is 43.6 Å². The number of hydrogen-bond donors (Lipinski definition) is 1. The van der Waals surface area contributed by atoms with Crippen molar-refractivity contribution in [3.8, 4) is 0 Å². The SMILES string of the molecule is NC1CCSCC1CC1CCC1. The zero-order chi connectivity index (χ0) is 8.39. The minimum Gasteiger partial charge on any atom is -0.327 e. The van der Waals surface area contributed by atoms with Crippen molar-refractivity contribution in [3.05, 3.63) is 0 Å².